The lowest BCUT2D eigenvalue weighted by Crippen LogP contribution is -2.50. The molecule has 1 N–H and O–H groups in total. The highest BCUT2D eigenvalue weighted by Gasteiger charge is 2.45. The Kier molecular flexibility index (Phi) is 4.44. The molecule has 2 aliphatic rings. The van der Waals surface area contributed by atoms with Crippen LogP contribution < -0.4 is 19.9 Å². The van der Waals surface area contributed by atoms with Crippen molar-refractivity contribution in [1.82, 2.24) is 14.6 Å². The van der Waals surface area contributed by atoms with Gasteiger partial charge in [0.15, 0.2) is 16.9 Å². The van der Waals surface area contributed by atoms with Crippen LogP contribution in [0.4, 0.5) is 0 Å². The van der Waals surface area contributed by atoms with Crippen molar-refractivity contribution in [2.45, 2.75) is 38.3 Å². The van der Waals surface area contributed by atoms with Gasteiger partial charge in [0.1, 0.15) is 5.56 Å². The molecule has 0 amide bonds. The number of aromatic nitrogens is 3. The van der Waals surface area contributed by atoms with Crippen molar-refractivity contribution < 1.29 is 19.4 Å². The number of pyridine rings is 1. The van der Waals surface area contributed by atoms with Crippen LogP contribution in [0.3, 0.4) is 0 Å². The normalized spacial score (nSPS) is 17.8. The minimum atomic E-state index is -1.24. The number of carboxylic acids is 1. The van der Waals surface area contributed by atoms with E-state index in [0.717, 1.165) is 24.0 Å². The first-order valence-electron chi connectivity index (χ1n) is 10.3. The number of hydrogen-bond acceptors (Lipinski definition) is 7. The van der Waals surface area contributed by atoms with E-state index in [0.29, 0.717) is 17.2 Å². The molecule has 0 aliphatic carbocycles. The monoisotopic (exact) mass is 434 g/mol. The molecule has 9 heteroatoms. The van der Waals surface area contributed by atoms with Crippen LogP contribution in [0.1, 0.15) is 48.7 Å². The number of fused-ring (bicyclic) bond motifs is 6. The number of methoxy groups -OCH3 is 1. The van der Waals surface area contributed by atoms with E-state index in [1.54, 1.807) is 18.5 Å². The minimum absolute atomic E-state index is 0.0263. The SMILES string of the molecule is COc1cc2c(cc1Oc1ncccn1)C1CCC(C)(C)N1n1cc(C(=O)O)c(=O)cc1-2. The van der Waals surface area contributed by atoms with E-state index in [2.05, 4.69) is 28.8 Å². The van der Waals surface area contributed by atoms with Crippen LogP contribution in [-0.4, -0.2) is 38.4 Å². The number of carboxylic acid groups (broad SMARTS) is 1. The van der Waals surface area contributed by atoms with E-state index >= 15 is 0 Å². The van der Waals surface area contributed by atoms with E-state index in [-0.39, 0.29) is 23.2 Å². The van der Waals surface area contributed by atoms with E-state index in [4.69, 9.17) is 9.47 Å². The Balaban J connectivity index is 1.74. The average molecular weight is 434 g/mol. The maximum atomic E-state index is 12.6. The molecule has 1 atom stereocenters. The van der Waals surface area contributed by atoms with Crippen LogP contribution in [0.15, 0.2) is 47.7 Å². The second kappa shape index (κ2) is 7.08. The molecule has 1 unspecified atom stereocenters. The molecule has 0 radical (unpaired) electrons. The minimum Gasteiger partial charge on any atom is -0.493 e. The Morgan fingerprint density at radius 3 is 2.62 bits per heavy atom. The van der Waals surface area contributed by atoms with E-state index in [1.807, 2.05) is 16.8 Å². The second-order valence-electron chi connectivity index (χ2n) is 8.52. The summed E-state index contributed by atoms with van der Waals surface area (Å²) in [5.74, 6) is -0.308. The van der Waals surface area contributed by atoms with Gasteiger partial charge in [0.05, 0.1) is 24.4 Å². The smallest absolute Gasteiger partial charge is 0.341 e. The average Bonchev–Trinajstić information content (AvgIpc) is 3.09. The van der Waals surface area contributed by atoms with Crippen LogP contribution in [0, 0.1) is 0 Å². The largest absolute Gasteiger partial charge is 0.493 e. The quantitative estimate of drug-likeness (QED) is 0.666. The van der Waals surface area contributed by atoms with Gasteiger partial charge in [-0.05, 0) is 50.5 Å². The first kappa shape index (κ1) is 20.0. The number of rotatable bonds is 4. The third-order valence-electron chi connectivity index (χ3n) is 6.15. The van der Waals surface area contributed by atoms with Crippen LogP contribution in [0.2, 0.25) is 0 Å². The van der Waals surface area contributed by atoms with Crippen molar-refractivity contribution in [2.24, 2.45) is 0 Å². The first-order valence-corrected chi connectivity index (χ1v) is 10.3. The highest BCUT2D eigenvalue weighted by molar-refractivity contribution is 5.88. The molecule has 2 aromatic heterocycles. The highest BCUT2D eigenvalue weighted by atomic mass is 16.5. The molecule has 9 nitrogen and oxygen atoms in total. The molecule has 2 aliphatic heterocycles. The Morgan fingerprint density at radius 1 is 1.19 bits per heavy atom. The third kappa shape index (κ3) is 3.00. The topological polar surface area (TPSA) is 107 Å². The molecule has 0 spiro atoms. The number of nitrogens with zero attached hydrogens (tertiary/aromatic N) is 4. The van der Waals surface area contributed by atoms with Gasteiger partial charge in [-0.2, -0.15) is 0 Å². The van der Waals surface area contributed by atoms with Crippen molar-refractivity contribution in [3.63, 3.8) is 0 Å². The van der Waals surface area contributed by atoms with Crippen molar-refractivity contribution in [3.8, 4) is 28.8 Å². The van der Waals surface area contributed by atoms with E-state index in [1.165, 1.54) is 19.4 Å². The summed E-state index contributed by atoms with van der Waals surface area (Å²) < 4.78 is 13.3. The lowest BCUT2D eigenvalue weighted by atomic mass is 9.93. The van der Waals surface area contributed by atoms with Crippen molar-refractivity contribution in [1.29, 1.82) is 0 Å². The van der Waals surface area contributed by atoms with Crippen molar-refractivity contribution >= 4 is 5.97 Å². The number of benzene rings is 1. The summed E-state index contributed by atoms with van der Waals surface area (Å²) in [6.45, 7) is 4.22. The number of aromatic carboxylic acids is 1. The zero-order valence-corrected chi connectivity index (χ0v) is 17.9. The molecular weight excluding hydrogens is 412 g/mol. The molecule has 0 saturated carbocycles. The molecule has 1 fully saturated rings. The molecule has 1 saturated heterocycles. The Morgan fingerprint density at radius 2 is 1.94 bits per heavy atom. The van der Waals surface area contributed by atoms with Gasteiger partial charge in [0.2, 0.25) is 0 Å². The third-order valence-corrected chi connectivity index (χ3v) is 6.15. The molecule has 4 heterocycles. The maximum absolute atomic E-state index is 12.6. The zero-order valence-electron chi connectivity index (χ0n) is 17.9. The van der Waals surface area contributed by atoms with E-state index in [9.17, 15) is 14.7 Å². The van der Waals surface area contributed by atoms with Crippen LogP contribution in [0.5, 0.6) is 17.5 Å². The molecular formula is C23H22N4O5. The van der Waals surface area contributed by atoms with Gasteiger partial charge in [-0.3, -0.25) is 14.5 Å². The molecule has 32 heavy (non-hydrogen) atoms. The van der Waals surface area contributed by atoms with E-state index < -0.39 is 11.4 Å². The predicted octanol–water partition coefficient (Wildman–Crippen LogP) is 3.37. The Hall–Kier alpha value is -3.88. The van der Waals surface area contributed by atoms with Crippen LogP contribution >= 0.6 is 0 Å². The lowest BCUT2D eigenvalue weighted by Gasteiger charge is -2.44. The van der Waals surface area contributed by atoms with Crippen molar-refractivity contribution in [2.75, 3.05) is 12.1 Å². The van der Waals surface area contributed by atoms with Gasteiger partial charge < -0.3 is 14.6 Å². The number of carbonyl (C=O) groups is 1. The fourth-order valence-electron chi connectivity index (χ4n) is 4.69. The van der Waals surface area contributed by atoms with Gasteiger partial charge in [-0.1, -0.05) is 0 Å². The number of hydrogen-bond donors (Lipinski definition) is 1. The zero-order chi connectivity index (χ0) is 22.6. The molecule has 1 aromatic carbocycles. The summed E-state index contributed by atoms with van der Waals surface area (Å²) in [6, 6.07) is 6.99. The first-order chi connectivity index (χ1) is 15.3. The Bertz CT molecular complexity index is 1290. The summed E-state index contributed by atoms with van der Waals surface area (Å²) in [6.07, 6.45) is 6.38. The Labute approximate surface area is 183 Å². The fourth-order valence-corrected chi connectivity index (χ4v) is 4.69. The molecule has 164 valence electrons. The number of ether oxygens (including phenoxy) is 2. The van der Waals surface area contributed by atoms with Gasteiger partial charge in [-0.15, -0.1) is 0 Å². The summed E-state index contributed by atoms with van der Waals surface area (Å²) in [7, 11) is 1.54. The molecule has 5 rings (SSSR count). The van der Waals surface area contributed by atoms with Crippen molar-refractivity contribution in [3.05, 3.63) is 64.2 Å². The summed E-state index contributed by atoms with van der Waals surface area (Å²) in [5, 5.41) is 11.7. The second-order valence-corrected chi connectivity index (χ2v) is 8.52. The van der Waals surface area contributed by atoms with Crippen LogP contribution in [-0.2, 0) is 0 Å². The van der Waals surface area contributed by atoms with Gasteiger partial charge >= 0.3 is 12.0 Å². The summed E-state index contributed by atoms with van der Waals surface area (Å²) >= 11 is 0. The van der Waals surface area contributed by atoms with Gasteiger partial charge in [-0.25, -0.2) is 14.8 Å². The highest BCUT2D eigenvalue weighted by Crippen LogP contribution is 2.50. The standard InChI is InChI=1S/C23H22N4O5/c1-23(2)6-5-16-13-10-20(32-22-24-7-4-8-25-22)19(31-3)9-14(13)17-11-18(28)15(21(29)30)12-26(17)27(16)23/h4,7-12,16H,5-6H2,1-3H3,(H,29,30). The van der Waals surface area contributed by atoms with Gasteiger partial charge in [0.25, 0.3) is 0 Å². The van der Waals surface area contributed by atoms with Crippen LogP contribution in [0.25, 0.3) is 11.3 Å². The molecule has 0 bridgehead atoms. The fraction of sp³-hybridized carbons (Fsp3) is 0.304. The predicted molar refractivity (Wildman–Crippen MR) is 116 cm³/mol. The lowest BCUT2D eigenvalue weighted by molar-refractivity contribution is 0.0694. The molecule has 3 aromatic rings. The summed E-state index contributed by atoms with van der Waals surface area (Å²) in [5.41, 5.74) is 1.35. The van der Waals surface area contributed by atoms with Gasteiger partial charge in [0, 0.05) is 30.2 Å². The maximum Gasteiger partial charge on any atom is 0.341 e. The summed E-state index contributed by atoms with van der Waals surface area (Å²) in [4.78, 5) is 32.5.